The Bertz CT molecular complexity index is 434. The van der Waals surface area contributed by atoms with E-state index < -0.39 is 0 Å². The molecular weight excluding hydrogens is 329 g/mol. The molecule has 1 unspecified atom stereocenters. The molecule has 0 aromatic carbocycles. The molecule has 0 spiro atoms. The highest BCUT2D eigenvalue weighted by molar-refractivity contribution is 14.1. The zero-order chi connectivity index (χ0) is 11.4. The van der Waals surface area contributed by atoms with Crippen molar-refractivity contribution in [3.8, 4) is 0 Å². The van der Waals surface area contributed by atoms with E-state index in [-0.39, 0.29) is 0 Å². The van der Waals surface area contributed by atoms with E-state index in [1.165, 1.54) is 10.1 Å². The number of likely N-dealkylation sites (tertiary alicyclic amines) is 1. The number of halogens is 1. The van der Waals surface area contributed by atoms with Gasteiger partial charge in [-0.25, -0.2) is 4.98 Å². The fourth-order valence-electron chi connectivity index (χ4n) is 2.92. The Hall–Kier alpha value is -0.400. The molecule has 0 saturated carbocycles. The van der Waals surface area contributed by atoms with Gasteiger partial charge in [0.15, 0.2) is 0 Å². The van der Waals surface area contributed by atoms with Gasteiger partial charge < -0.3 is 9.64 Å². The number of anilines is 1. The van der Waals surface area contributed by atoms with E-state index >= 15 is 0 Å². The Morgan fingerprint density at radius 1 is 1.24 bits per heavy atom. The van der Waals surface area contributed by atoms with Gasteiger partial charge >= 0.3 is 0 Å². The van der Waals surface area contributed by atoms with Crippen molar-refractivity contribution >= 4 is 28.4 Å². The first-order chi connectivity index (χ1) is 8.33. The van der Waals surface area contributed by atoms with Crippen LogP contribution in [0.1, 0.15) is 0 Å². The lowest BCUT2D eigenvalue weighted by Gasteiger charge is -2.65. The van der Waals surface area contributed by atoms with E-state index in [4.69, 9.17) is 4.74 Å². The molecule has 2 atom stereocenters. The van der Waals surface area contributed by atoms with Gasteiger partial charge in [-0.2, -0.15) is 0 Å². The molecule has 3 fully saturated rings. The predicted molar refractivity (Wildman–Crippen MR) is 73.2 cm³/mol. The van der Waals surface area contributed by atoms with Crippen LogP contribution in [0.2, 0.25) is 0 Å². The van der Waals surface area contributed by atoms with Crippen LogP contribution < -0.4 is 4.90 Å². The van der Waals surface area contributed by atoms with Gasteiger partial charge in [-0.05, 0) is 34.7 Å². The Kier molecular flexibility index (Phi) is 2.35. The van der Waals surface area contributed by atoms with Crippen LogP contribution in [0.25, 0.3) is 0 Å². The second kappa shape index (κ2) is 3.80. The van der Waals surface area contributed by atoms with E-state index in [1.54, 1.807) is 0 Å². The molecule has 0 aliphatic carbocycles. The van der Waals surface area contributed by atoms with Crippen molar-refractivity contribution in [2.75, 3.05) is 31.2 Å². The lowest BCUT2D eigenvalue weighted by atomic mass is 9.83. The Labute approximate surface area is 114 Å². The molecule has 4 heterocycles. The molecule has 1 aromatic rings. The minimum Gasteiger partial charge on any atom is -0.378 e. The number of aromatic nitrogens is 1. The minimum absolute atomic E-state index is 0.697. The first kappa shape index (κ1) is 10.5. The SMILES string of the molecule is Ic1ccc(N2CC3[C@H]2CN3C2COC2)nc1. The molecule has 90 valence electrons. The van der Waals surface area contributed by atoms with Gasteiger partial charge in [0, 0.05) is 28.9 Å². The predicted octanol–water partition coefficient (Wildman–Crippen LogP) is 0.958. The Balaban J connectivity index is 1.42. The van der Waals surface area contributed by atoms with Gasteiger partial charge in [-0.15, -0.1) is 0 Å². The van der Waals surface area contributed by atoms with Gasteiger partial charge in [0.05, 0.1) is 25.3 Å². The maximum absolute atomic E-state index is 5.26. The standard InChI is InChI=1S/C12H14IN3O/c13-8-1-2-12(14-3-8)16-5-10-11(16)4-15(10)9-6-17-7-9/h1-3,9-11H,4-7H2/t10?,11-/m1/s1. The van der Waals surface area contributed by atoms with Crippen LogP contribution in [0.4, 0.5) is 5.82 Å². The summed E-state index contributed by atoms with van der Waals surface area (Å²) in [6, 6.07) is 6.41. The van der Waals surface area contributed by atoms with Crippen molar-refractivity contribution in [1.29, 1.82) is 0 Å². The van der Waals surface area contributed by atoms with E-state index in [0.717, 1.165) is 31.6 Å². The second-order valence-electron chi connectivity index (χ2n) is 5.01. The van der Waals surface area contributed by atoms with E-state index in [2.05, 4.69) is 49.5 Å². The van der Waals surface area contributed by atoms with Crippen LogP contribution in [0.3, 0.4) is 0 Å². The Morgan fingerprint density at radius 2 is 2.12 bits per heavy atom. The fourth-order valence-corrected chi connectivity index (χ4v) is 3.24. The first-order valence-electron chi connectivity index (χ1n) is 6.04. The highest BCUT2D eigenvalue weighted by Gasteiger charge is 2.54. The largest absolute Gasteiger partial charge is 0.378 e. The maximum atomic E-state index is 5.26. The number of hydrogen-bond acceptors (Lipinski definition) is 4. The Morgan fingerprint density at radius 3 is 2.65 bits per heavy atom. The molecule has 3 aliphatic rings. The molecule has 0 bridgehead atoms. The van der Waals surface area contributed by atoms with Crippen molar-refractivity contribution in [3.63, 3.8) is 0 Å². The molecular formula is C12H14IN3O. The number of pyridine rings is 1. The van der Waals surface area contributed by atoms with Gasteiger partial charge in [-0.3, -0.25) is 4.90 Å². The van der Waals surface area contributed by atoms with Crippen molar-refractivity contribution < 1.29 is 4.74 Å². The zero-order valence-electron chi connectivity index (χ0n) is 9.42. The smallest absolute Gasteiger partial charge is 0.128 e. The molecule has 4 nitrogen and oxygen atoms in total. The highest BCUT2D eigenvalue weighted by atomic mass is 127. The maximum Gasteiger partial charge on any atom is 0.128 e. The van der Waals surface area contributed by atoms with E-state index in [0.29, 0.717) is 12.1 Å². The summed E-state index contributed by atoms with van der Waals surface area (Å²) in [7, 11) is 0. The van der Waals surface area contributed by atoms with Crippen LogP contribution in [0.5, 0.6) is 0 Å². The van der Waals surface area contributed by atoms with Gasteiger partial charge in [0.25, 0.3) is 0 Å². The first-order valence-corrected chi connectivity index (χ1v) is 7.12. The average Bonchev–Trinajstić information content (AvgIpc) is 2.24. The summed E-state index contributed by atoms with van der Waals surface area (Å²) in [4.78, 5) is 9.52. The van der Waals surface area contributed by atoms with Crippen LogP contribution in [-0.4, -0.2) is 54.3 Å². The topological polar surface area (TPSA) is 28.6 Å². The van der Waals surface area contributed by atoms with Crippen molar-refractivity contribution in [2.45, 2.75) is 18.1 Å². The van der Waals surface area contributed by atoms with E-state index in [9.17, 15) is 0 Å². The fraction of sp³-hybridized carbons (Fsp3) is 0.583. The number of nitrogens with zero attached hydrogens (tertiary/aromatic N) is 3. The summed E-state index contributed by atoms with van der Waals surface area (Å²) in [5.41, 5.74) is 0. The third-order valence-electron chi connectivity index (χ3n) is 4.15. The molecule has 0 amide bonds. The number of rotatable bonds is 2. The third-order valence-corrected chi connectivity index (χ3v) is 4.79. The number of piperazine rings is 1. The summed E-state index contributed by atoms with van der Waals surface area (Å²) in [6.45, 7) is 4.19. The third kappa shape index (κ3) is 1.52. The van der Waals surface area contributed by atoms with Crippen LogP contribution in [-0.2, 0) is 4.74 Å². The monoisotopic (exact) mass is 343 g/mol. The molecule has 17 heavy (non-hydrogen) atoms. The normalized spacial score (nSPS) is 32.4. The van der Waals surface area contributed by atoms with Crippen molar-refractivity contribution in [1.82, 2.24) is 9.88 Å². The van der Waals surface area contributed by atoms with Crippen LogP contribution >= 0.6 is 22.6 Å². The second-order valence-corrected chi connectivity index (χ2v) is 6.26. The van der Waals surface area contributed by atoms with Crippen LogP contribution in [0.15, 0.2) is 18.3 Å². The van der Waals surface area contributed by atoms with Crippen molar-refractivity contribution in [3.05, 3.63) is 21.9 Å². The molecule has 0 radical (unpaired) electrons. The lowest BCUT2D eigenvalue weighted by molar-refractivity contribution is -0.132. The summed E-state index contributed by atoms with van der Waals surface area (Å²) < 4.78 is 6.45. The summed E-state index contributed by atoms with van der Waals surface area (Å²) >= 11 is 2.29. The van der Waals surface area contributed by atoms with Gasteiger partial charge in [0.1, 0.15) is 5.82 Å². The van der Waals surface area contributed by atoms with E-state index in [1.807, 2.05) is 6.20 Å². The highest BCUT2D eigenvalue weighted by Crippen LogP contribution is 2.38. The number of hydrogen-bond donors (Lipinski definition) is 0. The molecule has 5 heteroatoms. The molecule has 3 aliphatic heterocycles. The molecule has 3 saturated heterocycles. The van der Waals surface area contributed by atoms with Crippen molar-refractivity contribution in [2.24, 2.45) is 0 Å². The summed E-state index contributed by atoms with van der Waals surface area (Å²) in [5.74, 6) is 1.14. The summed E-state index contributed by atoms with van der Waals surface area (Å²) in [6.07, 6.45) is 1.94. The zero-order valence-corrected chi connectivity index (χ0v) is 11.6. The average molecular weight is 343 g/mol. The number of ether oxygens (including phenoxy) is 1. The number of fused-ring (bicyclic) bond motifs is 1. The lowest BCUT2D eigenvalue weighted by Crippen LogP contribution is -2.82. The quantitative estimate of drug-likeness (QED) is 0.748. The molecule has 4 rings (SSSR count). The minimum atomic E-state index is 0.697. The van der Waals surface area contributed by atoms with Crippen LogP contribution in [0, 0.1) is 3.57 Å². The molecule has 0 N–H and O–H groups in total. The van der Waals surface area contributed by atoms with Gasteiger partial charge in [0.2, 0.25) is 0 Å². The van der Waals surface area contributed by atoms with Gasteiger partial charge in [-0.1, -0.05) is 0 Å². The molecule has 1 aromatic heterocycles. The summed E-state index contributed by atoms with van der Waals surface area (Å²) in [5, 5.41) is 0.